The summed E-state index contributed by atoms with van der Waals surface area (Å²) in [6.45, 7) is 7.92. The zero-order chi connectivity index (χ0) is 15.8. The third-order valence-corrected chi connectivity index (χ3v) is 3.48. The molecule has 0 aromatic heterocycles. The van der Waals surface area contributed by atoms with Gasteiger partial charge >= 0.3 is 0 Å². The monoisotopic (exact) mass is 297 g/mol. The van der Waals surface area contributed by atoms with Crippen LogP contribution in [0.2, 0.25) is 0 Å². The Labute approximate surface area is 127 Å². The predicted molar refractivity (Wildman–Crippen MR) is 83.9 cm³/mol. The van der Waals surface area contributed by atoms with Gasteiger partial charge in [-0.2, -0.15) is 0 Å². The summed E-state index contributed by atoms with van der Waals surface area (Å²) in [6, 6.07) is 4.06. The van der Waals surface area contributed by atoms with Gasteiger partial charge in [-0.05, 0) is 12.8 Å². The molecule has 0 spiro atoms. The average molecular weight is 297 g/mol. The average Bonchev–Trinajstić information content (AvgIpc) is 2.49. The van der Waals surface area contributed by atoms with Crippen molar-refractivity contribution in [3.8, 4) is 23.0 Å². The molecule has 0 bridgehead atoms. The molecule has 0 aliphatic carbocycles. The minimum Gasteiger partial charge on any atom is -0.493 e. The Hall–Kier alpha value is -1.62. The van der Waals surface area contributed by atoms with Crippen LogP contribution in [-0.4, -0.2) is 40.5 Å². The summed E-state index contributed by atoms with van der Waals surface area (Å²) in [5.41, 5.74) is 0. The summed E-state index contributed by atoms with van der Waals surface area (Å²) in [5, 5.41) is 3.42. The minimum atomic E-state index is 0.466. The van der Waals surface area contributed by atoms with E-state index in [1.807, 2.05) is 0 Å². The van der Waals surface area contributed by atoms with E-state index in [-0.39, 0.29) is 0 Å². The van der Waals surface area contributed by atoms with E-state index in [9.17, 15) is 0 Å². The Morgan fingerprint density at radius 1 is 0.952 bits per heavy atom. The highest BCUT2D eigenvalue weighted by molar-refractivity contribution is 5.55. The first-order valence-electron chi connectivity index (χ1n) is 7.19. The lowest BCUT2D eigenvalue weighted by Gasteiger charge is -2.18. The van der Waals surface area contributed by atoms with Crippen LogP contribution in [0, 0.1) is 5.92 Å². The molecule has 0 saturated carbocycles. The number of hydrogen-bond acceptors (Lipinski definition) is 5. The van der Waals surface area contributed by atoms with Crippen molar-refractivity contribution in [2.75, 3.05) is 34.5 Å². The van der Waals surface area contributed by atoms with Crippen molar-refractivity contribution in [1.82, 2.24) is 5.32 Å². The minimum absolute atomic E-state index is 0.466. The lowest BCUT2D eigenvalue weighted by Crippen LogP contribution is -2.33. The quantitative estimate of drug-likeness (QED) is 0.710. The van der Waals surface area contributed by atoms with Crippen LogP contribution in [0.4, 0.5) is 0 Å². The van der Waals surface area contributed by atoms with Gasteiger partial charge in [-0.15, -0.1) is 0 Å². The van der Waals surface area contributed by atoms with Gasteiger partial charge in [-0.1, -0.05) is 13.8 Å². The number of ether oxygens (including phenoxy) is 4. The summed E-state index contributed by atoms with van der Waals surface area (Å²) in [7, 11) is 4.76. The molecule has 1 aromatic carbocycles. The fourth-order valence-corrected chi connectivity index (χ4v) is 1.83. The topological polar surface area (TPSA) is 49.0 Å². The van der Waals surface area contributed by atoms with Crippen LogP contribution in [0.25, 0.3) is 0 Å². The van der Waals surface area contributed by atoms with Gasteiger partial charge in [-0.25, -0.2) is 0 Å². The van der Waals surface area contributed by atoms with Crippen molar-refractivity contribution in [1.29, 1.82) is 0 Å². The smallest absolute Gasteiger partial charge is 0.203 e. The van der Waals surface area contributed by atoms with Gasteiger partial charge in [0.15, 0.2) is 11.5 Å². The third kappa shape index (κ3) is 5.01. The van der Waals surface area contributed by atoms with Crippen LogP contribution in [0.5, 0.6) is 23.0 Å². The highest BCUT2D eigenvalue weighted by atomic mass is 16.5. The molecule has 1 atom stereocenters. The molecule has 1 rings (SSSR count). The Kier molecular flexibility index (Phi) is 7.15. The molecule has 21 heavy (non-hydrogen) atoms. The van der Waals surface area contributed by atoms with Gasteiger partial charge in [0.05, 0.1) is 21.3 Å². The molecule has 1 N–H and O–H groups in total. The van der Waals surface area contributed by atoms with Crippen LogP contribution < -0.4 is 24.3 Å². The molecule has 0 aliphatic heterocycles. The molecule has 1 unspecified atom stereocenters. The molecule has 5 heteroatoms. The molecule has 120 valence electrons. The van der Waals surface area contributed by atoms with E-state index in [2.05, 4.69) is 26.1 Å². The van der Waals surface area contributed by atoms with Gasteiger partial charge < -0.3 is 24.3 Å². The van der Waals surface area contributed by atoms with Crippen LogP contribution in [0.1, 0.15) is 20.8 Å². The van der Waals surface area contributed by atoms with E-state index in [4.69, 9.17) is 18.9 Å². The van der Waals surface area contributed by atoms with E-state index in [1.54, 1.807) is 33.5 Å². The molecule has 0 fully saturated rings. The van der Waals surface area contributed by atoms with E-state index >= 15 is 0 Å². The summed E-state index contributed by atoms with van der Waals surface area (Å²) in [5.74, 6) is 3.05. The van der Waals surface area contributed by atoms with Crippen LogP contribution in [-0.2, 0) is 0 Å². The van der Waals surface area contributed by atoms with Gasteiger partial charge in [-0.3, -0.25) is 0 Å². The number of methoxy groups -OCH3 is 3. The van der Waals surface area contributed by atoms with Crippen molar-refractivity contribution >= 4 is 0 Å². The SMILES string of the molecule is COc1cc(OCCNC(C)C(C)C)cc(OC)c1OC. The molecule has 0 aliphatic rings. The fraction of sp³-hybridized carbons (Fsp3) is 0.625. The second-order valence-corrected chi connectivity index (χ2v) is 5.20. The Bertz CT molecular complexity index is 409. The van der Waals surface area contributed by atoms with Crippen molar-refractivity contribution in [3.05, 3.63) is 12.1 Å². The maximum atomic E-state index is 5.74. The molecule has 1 aromatic rings. The number of rotatable bonds is 9. The fourth-order valence-electron chi connectivity index (χ4n) is 1.83. The molecule has 0 amide bonds. The van der Waals surface area contributed by atoms with Gasteiger partial charge in [0.1, 0.15) is 12.4 Å². The van der Waals surface area contributed by atoms with Gasteiger partial charge in [0.2, 0.25) is 5.75 Å². The van der Waals surface area contributed by atoms with Gasteiger partial charge in [0.25, 0.3) is 0 Å². The van der Waals surface area contributed by atoms with E-state index < -0.39 is 0 Å². The van der Waals surface area contributed by atoms with Gasteiger partial charge in [0, 0.05) is 24.7 Å². The van der Waals surface area contributed by atoms with E-state index in [1.165, 1.54) is 0 Å². The Morgan fingerprint density at radius 2 is 1.52 bits per heavy atom. The molecule has 0 saturated heterocycles. The highest BCUT2D eigenvalue weighted by Crippen LogP contribution is 2.40. The zero-order valence-electron chi connectivity index (χ0n) is 13.9. The lowest BCUT2D eigenvalue weighted by molar-refractivity contribution is 0.286. The Morgan fingerprint density at radius 3 is 1.95 bits per heavy atom. The molecule has 5 nitrogen and oxygen atoms in total. The molecular weight excluding hydrogens is 270 g/mol. The van der Waals surface area contributed by atoms with Crippen LogP contribution >= 0.6 is 0 Å². The lowest BCUT2D eigenvalue weighted by atomic mass is 10.1. The van der Waals surface area contributed by atoms with Crippen LogP contribution in [0.15, 0.2) is 12.1 Å². The summed E-state index contributed by atoms with van der Waals surface area (Å²) in [4.78, 5) is 0. The summed E-state index contributed by atoms with van der Waals surface area (Å²) >= 11 is 0. The summed E-state index contributed by atoms with van der Waals surface area (Å²) < 4.78 is 21.6. The first-order valence-corrected chi connectivity index (χ1v) is 7.19. The first kappa shape index (κ1) is 17.4. The number of nitrogens with one attached hydrogen (secondary N) is 1. The molecule has 0 radical (unpaired) electrons. The van der Waals surface area contributed by atoms with E-state index in [0.717, 1.165) is 6.54 Å². The third-order valence-electron chi connectivity index (χ3n) is 3.48. The summed E-state index contributed by atoms with van der Waals surface area (Å²) in [6.07, 6.45) is 0. The predicted octanol–water partition coefficient (Wildman–Crippen LogP) is 2.73. The zero-order valence-corrected chi connectivity index (χ0v) is 13.9. The van der Waals surface area contributed by atoms with Crippen LogP contribution in [0.3, 0.4) is 0 Å². The normalized spacial score (nSPS) is 12.1. The second-order valence-electron chi connectivity index (χ2n) is 5.20. The van der Waals surface area contributed by atoms with Crippen molar-refractivity contribution in [2.45, 2.75) is 26.8 Å². The van der Waals surface area contributed by atoms with Crippen molar-refractivity contribution < 1.29 is 18.9 Å². The maximum Gasteiger partial charge on any atom is 0.203 e. The maximum absolute atomic E-state index is 5.74. The first-order chi connectivity index (χ1) is 10.0. The van der Waals surface area contributed by atoms with E-state index in [0.29, 0.717) is 41.6 Å². The molecule has 0 heterocycles. The number of hydrogen-bond donors (Lipinski definition) is 1. The Balaban J connectivity index is 2.63. The van der Waals surface area contributed by atoms with Crippen molar-refractivity contribution in [3.63, 3.8) is 0 Å². The number of benzene rings is 1. The largest absolute Gasteiger partial charge is 0.493 e. The second kappa shape index (κ2) is 8.62. The highest BCUT2D eigenvalue weighted by Gasteiger charge is 2.14. The molecular formula is C16H27NO4. The standard InChI is InChI=1S/C16H27NO4/c1-11(2)12(3)17-7-8-21-13-9-14(18-4)16(20-6)15(10-13)19-5/h9-12,17H,7-8H2,1-6H3. The van der Waals surface area contributed by atoms with Crippen molar-refractivity contribution in [2.24, 2.45) is 5.92 Å².